The van der Waals surface area contributed by atoms with E-state index in [2.05, 4.69) is 17.3 Å². The summed E-state index contributed by atoms with van der Waals surface area (Å²) in [5, 5.41) is 10.8. The minimum absolute atomic E-state index is 0.0374. The number of methoxy groups -OCH3 is 1. The molecule has 7 atom stereocenters. The van der Waals surface area contributed by atoms with Gasteiger partial charge in [-0.3, -0.25) is 5.01 Å². The second kappa shape index (κ2) is 8.29. The summed E-state index contributed by atoms with van der Waals surface area (Å²) in [6, 6.07) is 7.91. The van der Waals surface area contributed by atoms with E-state index < -0.39 is 5.79 Å². The zero-order chi connectivity index (χ0) is 21.6. The first-order valence-electron chi connectivity index (χ1n) is 11.0. The molecule has 9 nitrogen and oxygen atoms in total. The van der Waals surface area contributed by atoms with Gasteiger partial charge in [-0.1, -0.05) is 24.3 Å². The van der Waals surface area contributed by atoms with Gasteiger partial charge in [0, 0.05) is 5.92 Å². The van der Waals surface area contributed by atoms with Crippen LogP contribution in [-0.2, 0) is 23.7 Å². The van der Waals surface area contributed by atoms with Crippen molar-refractivity contribution in [3.8, 4) is 5.75 Å². The zero-order valence-corrected chi connectivity index (χ0v) is 18.5. The molecule has 3 saturated heterocycles. The molecule has 0 aliphatic carbocycles. The van der Waals surface area contributed by atoms with Gasteiger partial charge in [-0.2, -0.15) is 5.11 Å². The van der Waals surface area contributed by atoms with E-state index in [0.29, 0.717) is 19.7 Å². The Labute approximate surface area is 182 Å². The molecule has 1 aromatic carbocycles. The van der Waals surface area contributed by atoms with Gasteiger partial charge < -0.3 is 28.4 Å². The Morgan fingerprint density at radius 3 is 2.81 bits per heavy atom. The fourth-order valence-corrected chi connectivity index (χ4v) is 4.49. The number of nitrogens with zero attached hydrogens (tertiary/aromatic N) is 3. The van der Waals surface area contributed by atoms with Gasteiger partial charge in [-0.05, 0) is 31.5 Å². The largest absolute Gasteiger partial charge is 0.497 e. The summed E-state index contributed by atoms with van der Waals surface area (Å²) in [5.74, 6) is 0.207. The lowest BCUT2D eigenvalue weighted by atomic mass is 9.92. The van der Waals surface area contributed by atoms with Crippen LogP contribution in [0.4, 0.5) is 0 Å². The van der Waals surface area contributed by atoms with Crippen LogP contribution in [-0.4, -0.2) is 74.9 Å². The molecule has 0 spiro atoms. The molecule has 7 unspecified atom stereocenters. The van der Waals surface area contributed by atoms with Gasteiger partial charge in [0.15, 0.2) is 12.1 Å². The van der Waals surface area contributed by atoms with Gasteiger partial charge in [-0.15, -0.1) is 0 Å². The van der Waals surface area contributed by atoms with Gasteiger partial charge in [0.2, 0.25) is 0 Å². The third kappa shape index (κ3) is 4.56. The Bertz CT molecular complexity index is 816. The van der Waals surface area contributed by atoms with Gasteiger partial charge in [-0.25, -0.2) is 0 Å². The molecule has 5 rings (SSSR count). The van der Waals surface area contributed by atoms with Crippen LogP contribution in [0.25, 0.3) is 0 Å². The van der Waals surface area contributed by atoms with Crippen molar-refractivity contribution in [1.82, 2.24) is 5.01 Å². The number of hydrogen-bond acceptors (Lipinski definition) is 9. The molecule has 31 heavy (non-hydrogen) atoms. The van der Waals surface area contributed by atoms with E-state index in [1.165, 1.54) is 0 Å². The second-order valence-electron chi connectivity index (χ2n) is 9.12. The third-order valence-electron chi connectivity index (χ3n) is 6.21. The topological polar surface area (TPSA) is 86.6 Å². The Morgan fingerprint density at radius 2 is 2.03 bits per heavy atom. The minimum atomic E-state index is -0.657. The summed E-state index contributed by atoms with van der Waals surface area (Å²) < 4.78 is 35.5. The van der Waals surface area contributed by atoms with Crippen LogP contribution in [0.3, 0.4) is 0 Å². The van der Waals surface area contributed by atoms with Gasteiger partial charge in [0.25, 0.3) is 0 Å². The van der Waals surface area contributed by atoms with E-state index in [-0.39, 0.29) is 42.7 Å². The predicted molar refractivity (Wildman–Crippen MR) is 110 cm³/mol. The van der Waals surface area contributed by atoms with Crippen LogP contribution in [0, 0.1) is 5.92 Å². The number of ether oxygens (including phenoxy) is 6. The highest BCUT2D eigenvalue weighted by atomic mass is 16.8. The first-order chi connectivity index (χ1) is 14.9. The fourth-order valence-electron chi connectivity index (χ4n) is 4.49. The standard InChI is InChI=1S/C22H31N3O6/c1-13-19-20(31-22(2,3)30-19)18(29-21(13)28-12-16-11-27-16)10-25-9-17(23-24-25)14-6-5-7-15(8-14)26-4/h5-8,13,16-21H,9-12H2,1-4H3. The molecular formula is C22H31N3O6. The van der Waals surface area contributed by atoms with E-state index in [9.17, 15) is 0 Å². The summed E-state index contributed by atoms with van der Waals surface area (Å²) in [4.78, 5) is 0. The van der Waals surface area contributed by atoms with Gasteiger partial charge in [0.05, 0.1) is 39.5 Å². The smallest absolute Gasteiger partial charge is 0.163 e. The van der Waals surface area contributed by atoms with Crippen LogP contribution < -0.4 is 4.74 Å². The van der Waals surface area contributed by atoms with E-state index in [0.717, 1.165) is 17.9 Å². The first-order valence-corrected chi connectivity index (χ1v) is 11.0. The lowest BCUT2D eigenvalue weighted by Crippen LogP contribution is -2.55. The molecule has 0 radical (unpaired) electrons. The monoisotopic (exact) mass is 433 g/mol. The molecule has 4 aliphatic rings. The Hall–Kier alpha value is -1.78. The van der Waals surface area contributed by atoms with Gasteiger partial charge in [0.1, 0.15) is 30.1 Å². The van der Waals surface area contributed by atoms with Crippen molar-refractivity contribution in [3.05, 3.63) is 29.8 Å². The Morgan fingerprint density at radius 1 is 1.23 bits per heavy atom. The molecule has 4 heterocycles. The average Bonchev–Trinajstić information content (AvgIpc) is 3.36. The summed E-state index contributed by atoms with van der Waals surface area (Å²) in [7, 11) is 1.67. The Balaban J connectivity index is 1.26. The van der Waals surface area contributed by atoms with Crippen LogP contribution in [0.5, 0.6) is 5.75 Å². The van der Waals surface area contributed by atoms with E-state index in [4.69, 9.17) is 28.4 Å². The van der Waals surface area contributed by atoms with Crippen LogP contribution in [0.2, 0.25) is 0 Å². The molecular weight excluding hydrogens is 402 g/mol. The number of rotatable bonds is 7. The molecule has 4 aliphatic heterocycles. The summed E-state index contributed by atoms with van der Waals surface area (Å²) in [6.07, 6.45) is -0.723. The number of epoxide rings is 1. The minimum Gasteiger partial charge on any atom is -0.497 e. The highest BCUT2D eigenvalue weighted by molar-refractivity contribution is 5.31. The van der Waals surface area contributed by atoms with E-state index in [1.54, 1.807) is 7.11 Å². The van der Waals surface area contributed by atoms with Gasteiger partial charge >= 0.3 is 0 Å². The molecule has 9 heteroatoms. The van der Waals surface area contributed by atoms with Crippen LogP contribution in [0.1, 0.15) is 32.4 Å². The number of hydrogen-bond donors (Lipinski definition) is 0. The van der Waals surface area contributed by atoms with Crippen LogP contribution >= 0.6 is 0 Å². The summed E-state index contributed by atoms with van der Waals surface area (Å²) in [6.45, 7) is 8.48. The van der Waals surface area contributed by atoms with Crippen molar-refractivity contribution in [2.75, 3.05) is 33.4 Å². The van der Waals surface area contributed by atoms with Crippen molar-refractivity contribution in [3.63, 3.8) is 0 Å². The third-order valence-corrected chi connectivity index (χ3v) is 6.21. The SMILES string of the molecule is COc1cccc(C2CN(CC3OC(OCC4CO4)C(C)C4OC(C)(C)OC34)N=N2)c1. The number of fused-ring (bicyclic) bond motifs is 1. The van der Waals surface area contributed by atoms with Crippen molar-refractivity contribution >= 4 is 0 Å². The summed E-state index contributed by atoms with van der Waals surface area (Å²) in [5.41, 5.74) is 1.08. The predicted octanol–water partition coefficient (Wildman–Crippen LogP) is 2.72. The maximum atomic E-state index is 6.38. The van der Waals surface area contributed by atoms with Crippen molar-refractivity contribution < 1.29 is 28.4 Å². The van der Waals surface area contributed by atoms with E-state index in [1.807, 2.05) is 43.1 Å². The molecule has 0 aromatic heterocycles. The molecule has 3 fully saturated rings. The molecule has 0 amide bonds. The first kappa shape index (κ1) is 21.1. The maximum Gasteiger partial charge on any atom is 0.163 e. The molecule has 0 bridgehead atoms. The maximum absolute atomic E-state index is 6.38. The fraction of sp³-hybridized carbons (Fsp3) is 0.727. The number of benzene rings is 1. The average molecular weight is 434 g/mol. The highest BCUT2D eigenvalue weighted by Crippen LogP contribution is 2.41. The van der Waals surface area contributed by atoms with Crippen molar-refractivity contribution in [1.29, 1.82) is 0 Å². The molecule has 0 saturated carbocycles. The highest BCUT2D eigenvalue weighted by Gasteiger charge is 2.54. The zero-order valence-electron chi connectivity index (χ0n) is 18.5. The lowest BCUT2D eigenvalue weighted by Gasteiger charge is -2.41. The van der Waals surface area contributed by atoms with E-state index >= 15 is 0 Å². The Kier molecular flexibility index (Phi) is 5.64. The normalized spacial score (nSPS) is 38.3. The lowest BCUT2D eigenvalue weighted by molar-refractivity contribution is -0.259. The van der Waals surface area contributed by atoms with Crippen molar-refractivity contribution in [2.24, 2.45) is 16.3 Å². The van der Waals surface area contributed by atoms with Crippen molar-refractivity contribution in [2.45, 2.75) is 63.3 Å². The molecule has 170 valence electrons. The molecule has 0 N–H and O–H groups in total. The van der Waals surface area contributed by atoms with Crippen LogP contribution in [0.15, 0.2) is 34.6 Å². The molecule has 1 aromatic rings. The second-order valence-corrected chi connectivity index (χ2v) is 9.12. The summed E-state index contributed by atoms with van der Waals surface area (Å²) >= 11 is 0. The quantitative estimate of drug-likeness (QED) is 0.611.